The van der Waals surface area contributed by atoms with Gasteiger partial charge in [0.15, 0.2) is 0 Å². The molecule has 0 spiro atoms. The van der Waals surface area contributed by atoms with Crippen LogP contribution in [0.2, 0.25) is 0 Å². The van der Waals surface area contributed by atoms with Crippen LogP contribution in [-0.2, 0) is 24.1 Å². The van der Waals surface area contributed by atoms with Crippen LogP contribution >= 0.6 is 0 Å². The minimum Gasteiger partial charge on any atom is -0.380 e. The summed E-state index contributed by atoms with van der Waals surface area (Å²) in [5.41, 5.74) is 4.57. The highest BCUT2D eigenvalue weighted by Crippen LogP contribution is 2.25. The minimum atomic E-state index is 0.704. The highest BCUT2D eigenvalue weighted by Gasteiger charge is 2.13. The average molecular weight is 388 g/mol. The molecule has 4 nitrogen and oxygen atoms in total. The number of ether oxygens (including phenoxy) is 1. The summed E-state index contributed by atoms with van der Waals surface area (Å²) in [6, 6.07) is 18.9. The van der Waals surface area contributed by atoms with Gasteiger partial charge in [-0.05, 0) is 30.9 Å². The lowest BCUT2D eigenvalue weighted by atomic mass is 10.1. The monoisotopic (exact) mass is 387 g/mol. The second kappa shape index (κ2) is 9.66. The maximum atomic E-state index is 5.98. The smallest absolute Gasteiger partial charge is 0.110 e. The first-order valence-corrected chi connectivity index (χ1v) is 10.7. The number of aromatic nitrogens is 3. The van der Waals surface area contributed by atoms with Crippen molar-refractivity contribution in [2.45, 2.75) is 45.6 Å². The van der Waals surface area contributed by atoms with Gasteiger partial charge in [0.2, 0.25) is 0 Å². The molecule has 4 rings (SSSR count). The van der Waals surface area contributed by atoms with E-state index in [4.69, 9.17) is 9.72 Å². The molecule has 0 N–H and O–H groups in total. The fraction of sp³-hybridized carbons (Fsp3) is 0.360. The van der Waals surface area contributed by atoms with E-state index >= 15 is 0 Å². The Morgan fingerprint density at radius 1 is 0.862 bits per heavy atom. The van der Waals surface area contributed by atoms with E-state index in [1.807, 2.05) is 12.3 Å². The van der Waals surface area contributed by atoms with Gasteiger partial charge in [-0.25, -0.2) is 4.98 Å². The van der Waals surface area contributed by atoms with E-state index in [9.17, 15) is 0 Å². The molecular formula is C25H29N3O. The van der Waals surface area contributed by atoms with E-state index in [1.54, 1.807) is 0 Å². The number of pyridine rings is 1. The van der Waals surface area contributed by atoms with Gasteiger partial charge in [0.25, 0.3) is 0 Å². The predicted molar refractivity (Wildman–Crippen MR) is 119 cm³/mol. The molecule has 0 aliphatic rings. The van der Waals surface area contributed by atoms with Crippen LogP contribution in [0.3, 0.4) is 0 Å². The minimum absolute atomic E-state index is 0.704. The molecule has 2 heterocycles. The zero-order valence-corrected chi connectivity index (χ0v) is 17.2. The lowest BCUT2D eigenvalue weighted by molar-refractivity contribution is 0.124. The number of hydrogen-bond acceptors (Lipinski definition) is 3. The number of nitrogens with zero attached hydrogens (tertiary/aromatic N) is 3. The van der Waals surface area contributed by atoms with Crippen LogP contribution in [-0.4, -0.2) is 27.7 Å². The van der Waals surface area contributed by atoms with Crippen molar-refractivity contribution >= 4 is 21.9 Å². The second-order valence-corrected chi connectivity index (χ2v) is 7.49. The van der Waals surface area contributed by atoms with Crippen LogP contribution in [0, 0.1) is 0 Å². The Bertz CT molecular complexity index is 1060. The third kappa shape index (κ3) is 4.65. The van der Waals surface area contributed by atoms with Crippen molar-refractivity contribution in [2.75, 3.05) is 13.2 Å². The summed E-state index contributed by atoms with van der Waals surface area (Å²) in [7, 11) is 0. The molecule has 0 aliphatic carbocycles. The fourth-order valence-corrected chi connectivity index (χ4v) is 3.86. The Morgan fingerprint density at radius 2 is 1.69 bits per heavy atom. The molecule has 4 aromatic rings. The van der Waals surface area contributed by atoms with E-state index in [0.717, 1.165) is 62.1 Å². The Labute approximate surface area is 172 Å². The molecule has 0 fully saturated rings. The van der Waals surface area contributed by atoms with Gasteiger partial charge in [-0.3, -0.25) is 4.98 Å². The SMILES string of the molecule is CCCCc1nc2cnc3ccccc3c2n1CCOCCCc1ccccc1. The Morgan fingerprint density at radius 3 is 2.55 bits per heavy atom. The van der Waals surface area contributed by atoms with Crippen LogP contribution in [0.25, 0.3) is 21.9 Å². The van der Waals surface area contributed by atoms with Crippen molar-refractivity contribution < 1.29 is 4.74 Å². The van der Waals surface area contributed by atoms with Crippen molar-refractivity contribution in [3.8, 4) is 0 Å². The van der Waals surface area contributed by atoms with Gasteiger partial charge < -0.3 is 9.30 Å². The largest absolute Gasteiger partial charge is 0.380 e. The van der Waals surface area contributed by atoms with Crippen molar-refractivity contribution in [3.05, 3.63) is 72.2 Å². The third-order valence-electron chi connectivity index (χ3n) is 5.37. The van der Waals surface area contributed by atoms with E-state index in [2.05, 4.69) is 65.0 Å². The maximum absolute atomic E-state index is 5.98. The predicted octanol–water partition coefficient (Wildman–Crippen LogP) is 5.58. The molecule has 150 valence electrons. The normalized spacial score (nSPS) is 11.5. The summed E-state index contributed by atoms with van der Waals surface area (Å²) >= 11 is 0. The Hall–Kier alpha value is -2.72. The number of benzene rings is 2. The number of unbranched alkanes of at least 4 members (excludes halogenated alkanes) is 1. The van der Waals surface area contributed by atoms with Crippen molar-refractivity contribution in [3.63, 3.8) is 0 Å². The molecular weight excluding hydrogens is 358 g/mol. The lowest BCUT2D eigenvalue weighted by Crippen LogP contribution is -2.10. The summed E-state index contributed by atoms with van der Waals surface area (Å²) in [5, 5.41) is 1.17. The molecule has 0 bridgehead atoms. The second-order valence-electron chi connectivity index (χ2n) is 7.49. The van der Waals surface area contributed by atoms with E-state index in [-0.39, 0.29) is 0 Å². The number of hydrogen-bond donors (Lipinski definition) is 0. The van der Waals surface area contributed by atoms with Crippen molar-refractivity contribution in [1.82, 2.24) is 14.5 Å². The Kier molecular flexibility index (Phi) is 6.52. The summed E-state index contributed by atoms with van der Waals surface area (Å²) in [5.74, 6) is 1.15. The molecule has 4 heteroatoms. The molecule has 0 amide bonds. The quantitative estimate of drug-likeness (QED) is 0.334. The molecule has 0 radical (unpaired) electrons. The van der Waals surface area contributed by atoms with Crippen LogP contribution in [0.5, 0.6) is 0 Å². The first-order valence-electron chi connectivity index (χ1n) is 10.7. The van der Waals surface area contributed by atoms with Gasteiger partial charge in [0.1, 0.15) is 11.3 Å². The summed E-state index contributed by atoms with van der Waals surface area (Å²) < 4.78 is 8.34. The average Bonchev–Trinajstić information content (AvgIpc) is 3.13. The van der Waals surface area contributed by atoms with Crippen molar-refractivity contribution in [1.29, 1.82) is 0 Å². The number of imidazole rings is 1. The highest BCUT2D eigenvalue weighted by atomic mass is 16.5. The highest BCUT2D eigenvalue weighted by molar-refractivity contribution is 6.02. The van der Waals surface area contributed by atoms with Crippen LogP contribution in [0.1, 0.15) is 37.6 Å². The number of fused-ring (bicyclic) bond motifs is 3. The Balaban J connectivity index is 1.45. The van der Waals surface area contributed by atoms with Gasteiger partial charge in [-0.1, -0.05) is 61.9 Å². The van der Waals surface area contributed by atoms with Gasteiger partial charge >= 0.3 is 0 Å². The van der Waals surface area contributed by atoms with Gasteiger partial charge in [0, 0.05) is 25.0 Å². The molecule has 0 saturated carbocycles. The maximum Gasteiger partial charge on any atom is 0.110 e. The zero-order chi connectivity index (χ0) is 19.9. The standard InChI is InChI=1S/C25H29N3O/c1-2-3-15-24-27-23-19-26-22-14-8-7-13-21(22)25(23)28(24)16-18-29-17-9-12-20-10-5-4-6-11-20/h4-8,10-11,13-14,19H,2-3,9,12,15-18H2,1H3. The summed E-state index contributed by atoms with van der Waals surface area (Å²) in [6.07, 6.45) is 7.32. The molecule has 2 aromatic carbocycles. The molecule has 0 saturated heterocycles. The zero-order valence-electron chi connectivity index (χ0n) is 17.2. The van der Waals surface area contributed by atoms with Gasteiger partial charge in [0.05, 0.1) is 23.8 Å². The van der Waals surface area contributed by atoms with Crippen LogP contribution in [0.4, 0.5) is 0 Å². The lowest BCUT2D eigenvalue weighted by Gasteiger charge is -2.11. The fourth-order valence-electron chi connectivity index (χ4n) is 3.86. The van der Waals surface area contributed by atoms with E-state index in [1.165, 1.54) is 16.5 Å². The van der Waals surface area contributed by atoms with Gasteiger partial charge in [-0.2, -0.15) is 0 Å². The van der Waals surface area contributed by atoms with E-state index < -0.39 is 0 Å². The first-order chi connectivity index (χ1) is 14.4. The number of aryl methyl sites for hydroxylation is 2. The molecule has 0 atom stereocenters. The number of rotatable bonds is 10. The molecule has 0 unspecified atom stereocenters. The molecule has 29 heavy (non-hydrogen) atoms. The third-order valence-corrected chi connectivity index (χ3v) is 5.37. The number of para-hydroxylation sites is 1. The summed E-state index contributed by atoms with van der Waals surface area (Å²) in [6.45, 7) is 4.54. The van der Waals surface area contributed by atoms with Crippen LogP contribution in [0.15, 0.2) is 60.8 Å². The topological polar surface area (TPSA) is 39.9 Å². The van der Waals surface area contributed by atoms with Crippen molar-refractivity contribution in [2.24, 2.45) is 0 Å². The summed E-state index contributed by atoms with van der Waals surface area (Å²) in [4.78, 5) is 9.49. The molecule has 2 aromatic heterocycles. The van der Waals surface area contributed by atoms with E-state index in [0.29, 0.717) is 6.61 Å². The van der Waals surface area contributed by atoms with Gasteiger partial charge in [-0.15, -0.1) is 0 Å². The molecule has 0 aliphatic heterocycles. The first kappa shape index (κ1) is 19.6. The van der Waals surface area contributed by atoms with Crippen LogP contribution < -0.4 is 0 Å².